The average Bonchev–Trinajstić information content (AvgIpc) is 2.11. The van der Waals surface area contributed by atoms with Gasteiger partial charge in [0.25, 0.3) is 0 Å². The highest BCUT2D eigenvalue weighted by molar-refractivity contribution is 5.70. The van der Waals surface area contributed by atoms with Crippen LogP contribution in [0.4, 0.5) is 13.2 Å². The number of aliphatic hydroxyl groups is 1. The number of alkyl halides is 3. The van der Waals surface area contributed by atoms with Gasteiger partial charge in [-0.1, -0.05) is 6.58 Å². The van der Waals surface area contributed by atoms with Crippen molar-refractivity contribution in [3.8, 4) is 0 Å². The predicted octanol–water partition coefficient (Wildman–Crippen LogP) is 1.39. The molecule has 0 radical (unpaired) electrons. The number of carbonyl (C=O) groups is 1. The minimum Gasteiger partial charge on any atom is -0.464 e. The molecule has 7 heteroatoms. The molecule has 0 spiro atoms. The normalized spacial score (nSPS) is 13.3. The van der Waals surface area contributed by atoms with Gasteiger partial charge in [0, 0.05) is 0 Å². The lowest BCUT2D eigenvalue weighted by Gasteiger charge is -2.11. The quantitative estimate of drug-likeness (QED) is 0.434. The summed E-state index contributed by atoms with van der Waals surface area (Å²) >= 11 is 0. The van der Waals surface area contributed by atoms with Gasteiger partial charge in [0.1, 0.15) is 13.2 Å². The van der Waals surface area contributed by atoms with Crippen molar-refractivity contribution in [2.75, 3.05) is 13.2 Å². The first-order valence-corrected chi connectivity index (χ1v) is 4.40. The Bertz CT molecular complexity index is 250. The molecular formula is C9H13F3O4. The van der Waals surface area contributed by atoms with E-state index in [1.165, 1.54) is 6.92 Å². The lowest BCUT2D eigenvalue weighted by molar-refractivity contribution is -0.168. The van der Waals surface area contributed by atoms with Crippen molar-refractivity contribution in [3.63, 3.8) is 0 Å². The van der Waals surface area contributed by atoms with E-state index in [2.05, 4.69) is 16.1 Å². The molecule has 1 unspecified atom stereocenters. The summed E-state index contributed by atoms with van der Waals surface area (Å²) in [5.41, 5.74) is 0.281. The molecule has 0 aromatic carbocycles. The van der Waals surface area contributed by atoms with Crippen LogP contribution in [-0.4, -0.2) is 36.8 Å². The summed E-state index contributed by atoms with van der Waals surface area (Å²) in [6.07, 6.45) is -6.89. The van der Waals surface area contributed by atoms with Gasteiger partial charge in [0.15, 0.2) is 6.29 Å². The Morgan fingerprint density at radius 3 is 2.50 bits per heavy atom. The molecule has 0 aliphatic heterocycles. The van der Waals surface area contributed by atoms with E-state index in [9.17, 15) is 18.0 Å². The predicted molar refractivity (Wildman–Crippen MR) is 48.4 cm³/mol. The van der Waals surface area contributed by atoms with Gasteiger partial charge >= 0.3 is 12.1 Å². The lowest BCUT2D eigenvalue weighted by atomic mass is 10.3. The first-order chi connectivity index (χ1) is 7.22. The van der Waals surface area contributed by atoms with Crippen LogP contribution in [0.5, 0.6) is 0 Å². The molecule has 16 heavy (non-hydrogen) atoms. The van der Waals surface area contributed by atoms with Crippen LogP contribution in [0.15, 0.2) is 12.2 Å². The van der Waals surface area contributed by atoms with Gasteiger partial charge in [-0.25, -0.2) is 4.79 Å². The molecule has 0 saturated heterocycles. The molecule has 0 aromatic rings. The maximum atomic E-state index is 11.7. The second-order valence-electron chi connectivity index (χ2n) is 3.10. The number of carbonyl (C=O) groups excluding carboxylic acids is 1. The third-order valence-corrected chi connectivity index (χ3v) is 1.43. The monoisotopic (exact) mass is 242 g/mol. The maximum Gasteiger partial charge on any atom is 0.392 e. The first kappa shape index (κ1) is 14.9. The summed E-state index contributed by atoms with van der Waals surface area (Å²) in [5, 5.41) is 9.02. The van der Waals surface area contributed by atoms with Gasteiger partial charge in [-0.05, 0) is 12.5 Å². The fourth-order valence-corrected chi connectivity index (χ4v) is 0.611. The minimum absolute atomic E-state index is 0.281. The molecule has 0 rings (SSSR count). The molecule has 0 fully saturated rings. The van der Waals surface area contributed by atoms with Crippen LogP contribution >= 0.6 is 0 Å². The maximum absolute atomic E-state index is 11.7. The summed E-state index contributed by atoms with van der Waals surface area (Å²) in [5.74, 6) is -0.968. The molecule has 1 N–H and O–H groups in total. The largest absolute Gasteiger partial charge is 0.464 e. The number of aliphatic hydroxyl groups excluding tert-OH is 1. The third-order valence-electron chi connectivity index (χ3n) is 1.43. The van der Waals surface area contributed by atoms with Crippen LogP contribution < -0.4 is 0 Å². The number of hydrogen-bond donors (Lipinski definition) is 1. The van der Waals surface area contributed by atoms with Crippen LogP contribution in [0.2, 0.25) is 0 Å². The first-order valence-electron chi connectivity index (χ1n) is 4.40. The summed E-state index contributed by atoms with van der Waals surface area (Å²) in [6, 6.07) is 0. The molecule has 0 heterocycles. The molecular weight excluding hydrogens is 229 g/mol. The van der Waals surface area contributed by atoms with E-state index in [1.807, 2.05) is 0 Å². The Kier molecular flexibility index (Phi) is 6.05. The highest BCUT2D eigenvalue weighted by Crippen LogP contribution is 2.18. The Balaban J connectivity index is 3.64. The average molecular weight is 242 g/mol. The van der Waals surface area contributed by atoms with E-state index in [0.29, 0.717) is 0 Å². The van der Waals surface area contributed by atoms with Gasteiger partial charge < -0.3 is 14.6 Å². The van der Waals surface area contributed by atoms with Crippen LogP contribution in [0.1, 0.15) is 13.3 Å². The van der Waals surface area contributed by atoms with E-state index in [0.717, 1.165) is 0 Å². The van der Waals surface area contributed by atoms with Gasteiger partial charge in [0.05, 0.1) is 6.42 Å². The topological polar surface area (TPSA) is 55.8 Å². The summed E-state index contributed by atoms with van der Waals surface area (Å²) in [7, 11) is 0. The zero-order chi connectivity index (χ0) is 12.8. The SMILES string of the molecule is C=C(C)C(O)OCC(=O)OCCC(F)(F)F. The van der Waals surface area contributed by atoms with Crippen LogP contribution in [0, 0.1) is 0 Å². The number of halogens is 3. The Labute approximate surface area is 90.6 Å². The highest BCUT2D eigenvalue weighted by atomic mass is 19.4. The molecule has 1 atom stereocenters. The second kappa shape index (κ2) is 6.49. The summed E-state index contributed by atoms with van der Waals surface area (Å²) in [6.45, 7) is 3.45. The molecule has 94 valence electrons. The van der Waals surface area contributed by atoms with Crippen LogP contribution in [-0.2, 0) is 14.3 Å². The molecule has 0 amide bonds. The number of ether oxygens (including phenoxy) is 2. The molecule has 4 nitrogen and oxygen atoms in total. The standard InChI is InChI=1S/C9H13F3O4/c1-6(2)8(14)16-5-7(13)15-4-3-9(10,11)12/h8,14H,1,3-5H2,2H3. The van der Waals surface area contributed by atoms with E-state index in [4.69, 9.17) is 5.11 Å². The fourth-order valence-electron chi connectivity index (χ4n) is 0.611. The van der Waals surface area contributed by atoms with Crippen LogP contribution in [0.3, 0.4) is 0 Å². The van der Waals surface area contributed by atoms with Crippen molar-refractivity contribution in [1.82, 2.24) is 0 Å². The molecule has 0 aliphatic rings. The molecule has 0 saturated carbocycles. The molecule has 0 bridgehead atoms. The van der Waals surface area contributed by atoms with Gasteiger partial charge in [-0.3, -0.25) is 0 Å². The fraction of sp³-hybridized carbons (Fsp3) is 0.667. The van der Waals surface area contributed by atoms with Gasteiger partial charge in [0.2, 0.25) is 0 Å². The van der Waals surface area contributed by atoms with E-state index in [1.54, 1.807) is 0 Å². The van der Waals surface area contributed by atoms with Crippen molar-refractivity contribution in [2.45, 2.75) is 25.8 Å². The lowest BCUT2D eigenvalue weighted by Crippen LogP contribution is -2.22. The summed E-state index contributed by atoms with van der Waals surface area (Å²) in [4.78, 5) is 10.8. The number of hydrogen-bond acceptors (Lipinski definition) is 4. The van der Waals surface area contributed by atoms with E-state index >= 15 is 0 Å². The molecule has 0 aromatic heterocycles. The second-order valence-corrected chi connectivity index (χ2v) is 3.10. The van der Waals surface area contributed by atoms with Crippen molar-refractivity contribution < 1.29 is 32.5 Å². The van der Waals surface area contributed by atoms with Crippen LogP contribution in [0.25, 0.3) is 0 Å². The third kappa shape index (κ3) is 8.25. The smallest absolute Gasteiger partial charge is 0.392 e. The van der Waals surface area contributed by atoms with E-state index in [-0.39, 0.29) is 5.57 Å². The van der Waals surface area contributed by atoms with E-state index < -0.39 is 38.1 Å². The Hall–Kier alpha value is -1.08. The number of rotatable bonds is 6. The Morgan fingerprint density at radius 1 is 1.50 bits per heavy atom. The molecule has 0 aliphatic carbocycles. The Morgan fingerprint density at radius 2 is 2.06 bits per heavy atom. The van der Waals surface area contributed by atoms with Crippen molar-refractivity contribution in [1.29, 1.82) is 0 Å². The van der Waals surface area contributed by atoms with Crippen molar-refractivity contribution >= 4 is 5.97 Å². The zero-order valence-corrected chi connectivity index (χ0v) is 8.71. The van der Waals surface area contributed by atoms with Gasteiger partial charge in [-0.15, -0.1) is 0 Å². The zero-order valence-electron chi connectivity index (χ0n) is 8.71. The highest BCUT2D eigenvalue weighted by Gasteiger charge is 2.27. The number of esters is 1. The summed E-state index contributed by atoms with van der Waals surface area (Å²) < 4.78 is 43.7. The van der Waals surface area contributed by atoms with Crippen molar-refractivity contribution in [2.24, 2.45) is 0 Å². The minimum atomic E-state index is -4.36. The van der Waals surface area contributed by atoms with Crippen molar-refractivity contribution in [3.05, 3.63) is 12.2 Å². The van der Waals surface area contributed by atoms with Gasteiger partial charge in [-0.2, -0.15) is 13.2 Å².